The lowest BCUT2D eigenvalue weighted by Crippen LogP contribution is -2.62. The third-order valence-corrected chi connectivity index (χ3v) is 6.24. The smallest absolute Gasteiger partial charge is 0.415 e. The van der Waals surface area contributed by atoms with Gasteiger partial charge in [0.2, 0.25) is 11.7 Å². The van der Waals surface area contributed by atoms with E-state index >= 15 is 0 Å². The third-order valence-electron chi connectivity index (χ3n) is 6.24. The summed E-state index contributed by atoms with van der Waals surface area (Å²) >= 11 is 0. The average Bonchev–Trinajstić information content (AvgIpc) is 3.32. The maximum atomic E-state index is 13.7. The van der Waals surface area contributed by atoms with Crippen molar-refractivity contribution in [3.05, 3.63) is 41.8 Å². The minimum absolute atomic E-state index is 0.0892. The molecule has 196 valence electrons. The van der Waals surface area contributed by atoms with Gasteiger partial charge in [-0.05, 0) is 51.4 Å². The molecule has 2 aromatic rings. The van der Waals surface area contributed by atoms with Crippen LogP contribution in [0.25, 0.3) is 0 Å². The van der Waals surface area contributed by atoms with Crippen LogP contribution in [0.4, 0.5) is 0 Å². The number of ketones is 1. The van der Waals surface area contributed by atoms with Crippen molar-refractivity contribution >= 4 is 17.6 Å². The van der Waals surface area contributed by atoms with Crippen LogP contribution in [0.2, 0.25) is 0 Å². The summed E-state index contributed by atoms with van der Waals surface area (Å²) in [6.07, 6.45) is 3.91. The highest BCUT2D eigenvalue weighted by Crippen LogP contribution is 2.29. The predicted molar refractivity (Wildman–Crippen MR) is 134 cm³/mol. The van der Waals surface area contributed by atoms with Crippen LogP contribution in [-0.2, 0) is 4.79 Å². The first kappa shape index (κ1) is 27.3. The van der Waals surface area contributed by atoms with Crippen molar-refractivity contribution in [1.29, 1.82) is 0 Å². The maximum Gasteiger partial charge on any atom is 0.415 e. The van der Waals surface area contributed by atoms with Crippen LogP contribution in [0.15, 0.2) is 34.7 Å². The molecule has 1 unspecified atom stereocenters. The lowest BCUT2D eigenvalue weighted by atomic mass is 9.80. The van der Waals surface area contributed by atoms with Gasteiger partial charge >= 0.3 is 6.08 Å². The van der Waals surface area contributed by atoms with E-state index in [0.29, 0.717) is 38.0 Å². The van der Waals surface area contributed by atoms with E-state index < -0.39 is 17.4 Å². The molecule has 1 saturated carbocycles. The fourth-order valence-corrected chi connectivity index (χ4v) is 4.27. The molecule has 1 aliphatic rings. The number of aromatic nitrogens is 2. The number of rotatable bonds is 12. The summed E-state index contributed by atoms with van der Waals surface area (Å²) in [7, 11) is 3.82. The number of carbonyl (C=O) groups is 3. The molecule has 1 atom stereocenters. The molecule has 0 aliphatic heterocycles. The molecular formula is C26H37N5O5. The Hall–Kier alpha value is -3.27. The normalized spacial score (nSPS) is 15.9. The van der Waals surface area contributed by atoms with E-state index in [2.05, 4.69) is 20.8 Å². The SMILES string of the molecule is CC(C)CC(NC(=O)C1(NC(=O)c2ccccc2)CCCCC1)C(=O)c1nnc(OCCN(C)C)o1. The summed E-state index contributed by atoms with van der Waals surface area (Å²) < 4.78 is 10.8. The third kappa shape index (κ3) is 7.36. The van der Waals surface area contributed by atoms with E-state index in [1.807, 2.05) is 38.9 Å². The Balaban J connectivity index is 1.75. The maximum absolute atomic E-state index is 13.7. The minimum Gasteiger partial charge on any atom is -0.448 e. The predicted octanol–water partition coefficient (Wildman–Crippen LogP) is 2.86. The largest absolute Gasteiger partial charge is 0.448 e. The van der Waals surface area contributed by atoms with Gasteiger partial charge in [-0.1, -0.05) is 56.4 Å². The topological polar surface area (TPSA) is 127 Å². The first-order valence-electron chi connectivity index (χ1n) is 12.5. The second-order valence-corrected chi connectivity index (χ2v) is 10.0. The number of hydrogen-bond acceptors (Lipinski definition) is 8. The molecule has 3 rings (SSSR count). The Kier molecular flexibility index (Phi) is 9.58. The lowest BCUT2D eigenvalue weighted by molar-refractivity contribution is -0.129. The van der Waals surface area contributed by atoms with Gasteiger partial charge in [-0.15, -0.1) is 5.10 Å². The standard InChI is InChI=1S/C26H37N5O5/c1-18(2)17-20(21(32)23-29-30-25(36-23)35-16-15-31(3)4)27-24(34)26(13-9-6-10-14-26)28-22(33)19-11-7-5-8-12-19/h5,7-8,11-12,18,20H,6,9-10,13-17H2,1-4H3,(H,27,34)(H,28,33). The summed E-state index contributed by atoms with van der Waals surface area (Å²) in [4.78, 5) is 41.8. The summed E-state index contributed by atoms with van der Waals surface area (Å²) in [6, 6.07) is 7.94. The van der Waals surface area contributed by atoms with E-state index in [-0.39, 0.29) is 29.7 Å². The van der Waals surface area contributed by atoms with Gasteiger partial charge in [0, 0.05) is 12.1 Å². The Morgan fingerprint density at radius 3 is 2.42 bits per heavy atom. The highest BCUT2D eigenvalue weighted by Gasteiger charge is 2.43. The molecule has 2 N–H and O–H groups in total. The van der Waals surface area contributed by atoms with Crippen molar-refractivity contribution in [2.24, 2.45) is 5.92 Å². The molecule has 0 spiro atoms. The molecular weight excluding hydrogens is 462 g/mol. The monoisotopic (exact) mass is 499 g/mol. The quantitative estimate of drug-likeness (QED) is 0.427. The number of ether oxygens (including phenoxy) is 1. The van der Waals surface area contributed by atoms with Crippen LogP contribution >= 0.6 is 0 Å². The van der Waals surface area contributed by atoms with Crippen LogP contribution in [-0.4, -0.2) is 71.5 Å². The Morgan fingerprint density at radius 2 is 1.78 bits per heavy atom. The molecule has 1 heterocycles. The van der Waals surface area contributed by atoms with Crippen molar-refractivity contribution in [2.45, 2.75) is 64.0 Å². The Bertz CT molecular complexity index is 1010. The van der Waals surface area contributed by atoms with Crippen LogP contribution in [0.3, 0.4) is 0 Å². The highest BCUT2D eigenvalue weighted by atomic mass is 16.6. The molecule has 0 saturated heterocycles. The number of Topliss-reactive ketones (excluding diaryl/α,β-unsaturated/α-hetero) is 1. The molecule has 0 radical (unpaired) electrons. The van der Waals surface area contributed by atoms with Gasteiger partial charge in [0.15, 0.2) is 0 Å². The first-order chi connectivity index (χ1) is 17.2. The van der Waals surface area contributed by atoms with E-state index in [4.69, 9.17) is 9.15 Å². The second-order valence-electron chi connectivity index (χ2n) is 10.0. The van der Waals surface area contributed by atoms with Gasteiger partial charge in [-0.25, -0.2) is 0 Å². The van der Waals surface area contributed by atoms with Crippen molar-refractivity contribution < 1.29 is 23.5 Å². The zero-order valence-electron chi connectivity index (χ0n) is 21.6. The van der Waals surface area contributed by atoms with E-state index in [9.17, 15) is 14.4 Å². The Morgan fingerprint density at radius 1 is 1.08 bits per heavy atom. The molecule has 10 nitrogen and oxygen atoms in total. The van der Waals surface area contributed by atoms with Gasteiger partial charge in [0.05, 0.1) is 6.04 Å². The van der Waals surface area contributed by atoms with Crippen molar-refractivity contribution in [3.8, 4) is 6.08 Å². The number of amides is 2. The molecule has 1 aromatic heterocycles. The number of hydrogen-bond donors (Lipinski definition) is 2. The first-order valence-corrected chi connectivity index (χ1v) is 12.5. The highest BCUT2D eigenvalue weighted by molar-refractivity contribution is 6.02. The fourth-order valence-electron chi connectivity index (χ4n) is 4.27. The van der Waals surface area contributed by atoms with Crippen LogP contribution in [0.5, 0.6) is 6.08 Å². The van der Waals surface area contributed by atoms with E-state index in [1.165, 1.54) is 0 Å². The average molecular weight is 500 g/mol. The van der Waals surface area contributed by atoms with Gasteiger partial charge < -0.3 is 24.7 Å². The van der Waals surface area contributed by atoms with Crippen molar-refractivity contribution in [2.75, 3.05) is 27.2 Å². The minimum atomic E-state index is -1.09. The number of nitrogens with zero attached hydrogens (tertiary/aromatic N) is 3. The van der Waals surface area contributed by atoms with Gasteiger partial charge in [0.25, 0.3) is 11.8 Å². The van der Waals surface area contributed by atoms with Crippen molar-refractivity contribution in [3.63, 3.8) is 0 Å². The van der Waals surface area contributed by atoms with Crippen LogP contribution in [0, 0.1) is 5.92 Å². The number of likely N-dealkylation sites (N-methyl/N-ethyl adjacent to an activating group) is 1. The molecule has 1 aliphatic carbocycles. The van der Waals surface area contributed by atoms with E-state index in [1.54, 1.807) is 24.3 Å². The van der Waals surface area contributed by atoms with Crippen LogP contribution in [0.1, 0.15) is 73.4 Å². The van der Waals surface area contributed by atoms with Crippen LogP contribution < -0.4 is 15.4 Å². The van der Waals surface area contributed by atoms with Crippen molar-refractivity contribution in [1.82, 2.24) is 25.7 Å². The summed E-state index contributed by atoms with van der Waals surface area (Å²) in [5, 5.41) is 13.5. The lowest BCUT2D eigenvalue weighted by Gasteiger charge is -2.37. The Labute approximate surface area is 212 Å². The molecule has 10 heteroatoms. The second kappa shape index (κ2) is 12.6. The summed E-state index contributed by atoms with van der Waals surface area (Å²) in [6.45, 7) is 4.90. The zero-order chi connectivity index (χ0) is 26.1. The molecule has 1 aromatic carbocycles. The molecule has 2 amide bonds. The van der Waals surface area contributed by atoms with Gasteiger partial charge in [-0.3, -0.25) is 14.4 Å². The molecule has 0 bridgehead atoms. The molecule has 1 fully saturated rings. The van der Waals surface area contributed by atoms with E-state index in [0.717, 1.165) is 19.3 Å². The number of carbonyl (C=O) groups excluding carboxylic acids is 3. The number of nitrogens with one attached hydrogen (secondary N) is 2. The number of benzene rings is 1. The molecule has 36 heavy (non-hydrogen) atoms. The van der Waals surface area contributed by atoms with Gasteiger partial charge in [-0.2, -0.15) is 0 Å². The van der Waals surface area contributed by atoms with Gasteiger partial charge in [0.1, 0.15) is 12.1 Å². The summed E-state index contributed by atoms with van der Waals surface area (Å²) in [5.74, 6) is -1.26. The zero-order valence-corrected chi connectivity index (χ0v) is 21.6. The fraction of sp³-hybridized carbons (Fsp3) is 0.577. The summed E-state index contributed by atoms with van der Waals surface area (Å²) in [5.41, 5.74) is -0.603.